The molecule has 2 aromatic carbocycles. The molecule has 0 spiro atoms. The SMILES string of the molecule is COC(=O)c1cccc(NC(=O)N(C)Cc2nc3cc(C(=O)N4CCCC4)ccc3n2C)c1. The number of benzene rings is 2. The van der Waals surface area contributed by atoms with Gasteiger partial charge in [-0.05, 0) is 49.2 Å². The first-order valence-electron chi connectivity index (χ1n) is 10.8. The van der Waals surface area contributed by atoms with Crippen LogP contribution in [-0.2, 0) is 18.3 Å². The molecule has 33 heavy (non-hydrogen) atoms. The van der Waals surface area contributed by atoms with Crippen molar-refractivity contribution < 1.29 is 19.1 Å². The fourth-order valence-electron chi connectivity index (χ4n) is 3.97. The number of aryl methyl sites for hydroxylation is 1. The van der Waals surface area contributed by atoms with E-state index in [9.17, 15) is 14.4 Å². The molecule has 1 saturated heterocycles. The highest BCUT2D eigenvalue weighted by atomic mass is 16.5. The van der Waals surface area contributed by atoms with Gasteiger partial charge in [0, 0.05) is 38.4 Å². The van der Waals surface area contributed by atoms with Crippen LogP contribution in [0.15, 0.2) is 42.5 Å². The van der Waals surface area contributed by atoms with Crippen LogP contribution in [0.25, 0.3) is 11.0 Å². The van der Waals surface area contributed by atoms with Crippen molar-refractivity contribution in [2.24, 2.45) is 7.05 Å². The summed E-state index contributed by atoms with van der Waals surface area (Å²) in [5.74, 6) is 0.255. The van der Waals surface area contributed by atoms with Crippen LogP contribution in [-0.4, -0.2) is 64.5 Å². The molecule has 9 heteroatoms. The largest absolute Gasteiger partial charge is 0.465 e. The smallest absolute Gasteiger partial charge is 0.337 e. The first kappa shape index (κ1) is 22.3. The second kappa shape index (κ2) is 9.32. The Morgan fingerprint density at radius 1 is 1.09 bits per heavy atom. The first-order valence-corrected chi connectivity index (χ1v) is 10.8. The molecular weight excluding hydrogens is 422 g/mol. The average Bonchev–Trinajstić information content (AvgIpc) is 3.46. The maximum absolute atomic E-state index is 12.7. The maximum atomic E-state index is 12.7. The molecule has 2 heterocycles. The molecule has 0 saturated carbocycles. The van der Waals surface area contributed by atoms with Gasteiger partial charge in [0.25, 0.3) is 5.91 Å². The van der Waals surface area contributed by atoms with Crippen molar-refractivity contribution in [1.29, 1.82) is 0 Å². The number of methoxy groups -OCH3 is 1. The zero-order valence-corrected chi connectivity index (χ0v) is 19.0. The number of imidazole rings is 1. The normalized spacial score (nSPS) is 13.2. The number of fused-ring (bicyclic) bond motifs is 1. The quantitative estimate of drug-likeness (QED) is 0.603. The standard InChI is InChI=1S/C24H27N5O4/c1-27(24(32)25-18-8-6-7-17(13-18)23(31)33-3)15-21-26-19-14-16(9-10-20(19)28(21)2)22(30)29-11-4-5-12-29/h6-10,13-14H,4-5,11-12,15H2,1-3H3,(H,25,32). The van der Waals surface area contributed by atoms with E-state index < -0.39 is 5.97 Å². The molecule has 0 atom stereocenters. The van der Waals surface area contributed by atoms with Gasteiger partial charge in [0.1, 0.15) is 5.82 Å². The van der Waals surface area contributed by atoms with Gasteiger partial charge in [0.15, 0.2) is 0 Å². The number of ether oxygens (including phenoxy) is 1. The number of nitrogens with one attached hydrogen (secondary N) is 1. The third kappa shape index (κ3) is 4.67. The van der Waals surface area contributed by atoms with Crippen LogP contribution in [0.1, 0.15) is 39.4 Å². The van der Waals surface area contributed by atoms with E-state index in [0.29, 0.717) is 22.6 Å². The highest BCUT2D eigenvalue weighted by Gasteiger charge is 2.21. The van der Waals surface area contributed by atoms with Crippen molar-refractivity contribution in [3.8, 4) is 0 Å². The molecule has 9 nitrogen and oxygen atoms in total. The molecule has 1 aromatic heterocycles. The van der Waals surface area contributed by atoms with Crippen molar-refractivity contribution in [3.05, 3.63) is 59.4 Å². The maximum Gasteiger partial charge on any atom is 0.337 e. The highest BCUT2D eigenvalue weighted by Crippen LogP contribution is 2.21. The number of aromatic nitrogens is 2. The number of amides is 3. The number of anilines is 1. The van der Waals surface area contributed by atoms with Gasteiger partial charge in [-0.3, -0.25) is 4.79 Å². The monoisotopic (exact) mass is 449 g/mol. The van der Waals surface area contributed by atoms with Gasteiger partial charge in [-0.2, -0.15) is 0 Å². The molecular formula is C24H27N5O4. The van der Waals surface area contributed by atoms with Crippen molar-refractivity contribution in [3.63, 3.8) is 0 Å². The lowest BCUT2D eigenvalue weighted by Gasteiger charge is -2.18. The molecule has 1 aliphatic heterocycles. The molecule has 1 N–H and O–H groups in total. The van der Waals surface area contributed by atoms with Crippen LogP contribution < -0.4 is 5.32 Å². The summed E-state index contributed by atoms with van der Waals surface area (Å²) in [5.41, 5.74) is 3.09. The van der Waals surface area contributed by atoms with Gasteiger partial charge in [-0.15, -0.1) is 0 Å². The Hall–Kier alpha value is -3.88. The predicted octanol–water partition coefficient (Wildman–Crippen LogP) is 3.26. The van der Waals surface area contributed by atoms with Crippen molar-refractivity contribution in [1.82, 2.24) is 19.4 Å². The number of urea groups is 1. The summed E-state index contributed by atoms with van der Waals surface area (Å²) in [6, 6.07) is 11.8. The van der Waals surface area contributed by atoms with Crippen LogP contribution >= 0.6 is 0 Å². The van der Waals surface area contributed by atoms with Crippen LogP contribution in [0.2, 0.25) is 0 Å². The summed E-state index contributed by atoms with van der Waals surface area (Å²) in [7, 11) is 4.86. The van der Waals surface area contributed by atoms with Crippen LogP contribution in [0.3, 0.4) is 0 Å². The number of nitrogens with zero attached hydrogens (tertiary/aromatic N) is 4. The predicted molar refractivity (Wildman–Crippen MR) is 124 cm³/mol. The van der Waals surface area contributed by atoms with Crippen molar-refractivity contribution in [2.45, 2.75) is 19.4 Å². The lowest BCUT2D eigenvalue weighted by Crippen LogP contribution is -2.31. The van der Waals surface area contributed by atoms with Gasteiger partial charge in [-0.1, -0.05) is 6.07 Å². The minimum atomic E-state index is -0.471. The molecule has 1 fully saturated rings. The third-order valence-corrected chi connectivity index (χ3v) is 5.87. The molecule has 3 aromatic rings. The van der Waals surface area contributed by atoms with Crippen molar-refractivity contribution in [2.75, 3.05) is 32.6 Å². The third-order valence-electron chi connectivity index (χ3n) is 5.87. The molecule has 4 rings (SSSR count). The Labute approximate surface area is 191 Å². The zero-order valence-electron chi connectivity index (χ0n) is 19.0. The van der Waals surface area contributed by atoms with Crippen LogP contribution in [0.5, 0.6) is 0 Å². The van der Waals surface area contributed by atoms with Gasteiger partial charge in [0.2, 0.25) is 0 Å². The fourth-order valence-corrected chi connectivity index (χ4v) is 3.97. The van der Waals surface area contributed by atoms with Gasteiger partial charge < -0.3 is 24.4 Å². The van der Waals surface area contributed by atoms with E-state index in [1.165, 1.54) is 12.0 Å². The number of hydrogen-bond donors (Lipinski definition) is 1. The van der Waals surface area contributed by atoms with E-state index in [4.69, 9.17) is 4.74 Å². The summed E-state index contributed by atoms with van der Waals surface area (Å²) in [5, 5.41) is 2.78. The Morgan fingerprint density at radius 3 is 2.58 bits per heavy atom. The summed E-state index contributed by atoms with van der Waals surface area (Å²) < 4.78 is 6.64. The molecule has 0 radical (unpaired) electrons. The Balaban J connectivity index is 1.47. The Kier molecular flexibility index (Phi) is 6.30. The fraction of sp³-hybridized carbons (Fsp3) is 0.333. The number of hydrogen-bond acceptors (Lipinski definition) is 5. The number of esters is 1. The van der Waals surface area contributed by atoms with E-state index in [1.807, 2.05) is 34.7 Å². The van der Waals surface area contributed by atoms with Crippen LogP contribution in [0, 0.1) is 0 Å². The Bertz CT molecular complexity index is 1210. The zero-order chi connectivity index (χ0) is 23.5. The molecule has 172 valence electrons. The second-order valence-corrected chi connectivity index (χ2v) is 8.15. The molecule has 0 unspecified atom stereocenters. The van der Waals surface area contributed by atoms with E-state index in [-0.39, 0.29) is 18.5 Å². The van der Waals surface area contributed by atoms with Gasteiger partial charge in [-0.25, -0.2) is 14.6 Å². The van der Waals surface area contributed by atoms with Crippen LogP contribution in [0.4, 0.5) is 10.5 Å². The summed E-state index contributed by atoms with van der Waals surface area (Å²) >= 11 is 0. The van der Waals surface area contributed by atoms with Gasteiger partial charge in [0.05, 0.1) is 30.3 Å². The summed E-state index contributed by atoms with van der Waals surface area (Å²) in [6.07, 6.45) is 2.09. The number of likely N-dealkylation sites (tertiary alicyclic amines) is 1. The van der Waals surface area contributed by atoms with E-state index >= 15 is 0 Å². The van der Waals surface area contributed by atoms with Crippen molar-refractivity contribution >= 4 is 34.6 Å². The van der Waals surface area contributed by atoms with Gasteiger partial charge >= 0.3 is 12.0 Å². The molecule has 3 amide bonds. The summed E-state index contributed by atoms with van der Waals surface area (Å²) in [6.45, 7) is 1.86. The lowest BCUT2D eigenvalue weighted by molar-refractivity contribution is 0.0600. The summed E-state index contributed by atoms with van der Waals surface area (Å²) in [4.78, 5) is 45.2. The lowest BCUT2D eigenvalue weighted by atomic mass is 10.2. The molecule has 1 aliphatic rings. The van der Waals surface area contributed by atoms with E-state index in [2.05, 4.69) is 10.3 Å². The minimum absolute atomic E-state index is 0.0345. The highest BCUT2D eigenvalue weighted by molar-refractivity contribution is 5.97. The Morgan fingerprint density at radius 2 is 1.85 bits per heavy atom. The molecule has 0 bridgehead atoms. The minimum Gasteiger partial charge on any atom is -0.465 e. The van der Waals surface area contributed by atoms with E-state index in [1.54, 1.807) is 31.3 Å². The van der Waals surface area contributed by atoms with E-state index in [0.717, 1.165) is 37.0 Å². The number of carbonyl (C=O) groups excluding carboxylic acids is 3. The number of carbonyl (C=O) groups is 3. The average molecular weight is 450 g/mol. The molecule has 0 aliphatic carbocycles. The topological polar surface area (TPSA) is 96.8 Å². The number of rotatable bonds is 5. The second-order valence-electron chi connectivity index (χ2n) is 8.15. The first-order chi connectivity index (χ1) is 15.9.